The smallest absolute Gasteiger partial charge is 0.490 e. The normalized spacial score (nSPS) is 11.0. The number of methoxy groups -OCH3 is 2. The molecule has 0 saturated heterocycles. The van der Waals surface area contributed by atoms with Gasteiger partial charge in [0.05, 0.1) is 26.2 Å². The van der Waals surface area contributed by atoms with Crippen LogP contribution >= 0.6 is 0 Å². The van der Waals surface area contributed by atoms with Crippen LogP contribution in [0, 0.1) is 0 Å². The van der Waals surface area contributed by atoms with E-state index in [0.717, 1.165) is 35.7 Å². The Morgan fingerprint density at radius 1 is 1.03 bits per heavy atom. The molecule has 3 rings (SSSR count). The number of aromatic nitrogens is 2. The van der Waals surface area contributed by atoms with Gasteiger partial charge in [0.15, 0.2) is 0 Å². The van der Waals surface area contributed by atoms with Crippen LogP contribution in [-0.4, -0.2) is 41.0 Å². The fourth-order valence-corrected chi connectivity index (χ4v) is 3.37. The Bertz CT molecular complexity index is 1060. The number of benzene rings is 2. The topological polar surface area (TPSA) is 73.6 Å². The number of nitrogens with zero attached hydrogens (tertiary/aromatic N) is 2. The minimum absolute atomic E-state index is 0.357. The number of carboxylic acid groups (broad SMARTS) is 1. The molecule has 0 fully saturated rings. The Morgan fingerprint density at radius 2 is 1.58 bits per heavy atom. The lowest BCUT2D eigenvalue weighted by molar-refractivity contribution is -0.192. The number of hydrogen-bond acceptors (Lipinski definition) is 4. The van der Waals surface area contributed by atoms with Crippen LogP contribution in [0.4, 0.5) is 13.2 Å². The maximum absolute atomic E-state index is 10.6. The van der Waals surface area contributed by atoms with Gasteiger partial charge in [-0.15, -0.1) is 0 Å². The van der Waals surface area contributed by atoms with E-state index in [1.807, 2.05) is 36.7 Å². The zero-order valence-electron chi connectivity index (χ0n) is 18.9. The molecule has 0 aliphatic heterocycles. The van der Waals surface area contributed by atoms with Crippen molar-refractivity contribution in [3.63, 3.8) is 0 Å². The van der Waals surface area contributed by atoms with E-state index in [0.29, 0.717) is 5.92 Å². The molecular formula is C24H27F3N2O4. The molecular weight excluding hydrogens is 437 g/mol. The fraction of sp³-hybridized carbons (Fsp3) is 0.333. The van der Waals surface area contributed by atoms with Crippen LogP contribution in [0.1, 0.15) is 31.0 Å². The highest BCUT2D eigenvalue weighted by Crippen LogP contribution is 2.34. The second kappa shape index (κ2) is 11.4. The number of rotatable bonds is 7. The highest BCUT2D eigenvalue weighted by atomic mass is 19.4. The molecule has 6 nitrogen and oxygen atoms in total. The molecule has 9 heteroatoms. The van der Waals surface area contributed by atoms with Gasteiger partial charge in [-0.2, -0.15) is 13.2 Å². The van der Waals surface area contributed by atoms with E-state index in [1.165, 1.54) is 11.3 Å². The van der Waals surface area contributed by atoms with Crippen LogP contribution in [0.25, 0.3) is 11.3 Å². The Morgan fingerprint density at radius 3 is 2.12 bits per heavy atom. The monoisotopic (exact) mass is 464 g/mol. The molecule has 1 aromatic heterocycles. The summed E-state index contributed by atoms with van der Waals surface area (Å²) in [5.74, 6) is -0.615. The summed E-state index contributed by atoms with van der Waals surface area (Å²) in [4.78, 5) is 13.6. The van der Waals surface area contributed by atoms with Gasteiger partial charge in [0.2, 0.25) is 0 Å². The van der Waals surface area contributed by atoms with Gasteiger partial charge in [-0.05, 0) is 36.1 Å². The number of alkyl halides is 3. The summed E-state index contributed by atoms with van der Waals surface area (Å²) in [5, 5.41) is 7.12. The number of imidazole rings is 1. The van der Waals surface area contributed by atoms with E-state index in [-0.39, 0.29) is 0 Å². The molecule has 0 radical (unpaired) electrons. The standard InChI is InChI=1S/C22H26N2O2.C2HF3O2/c1-16(2)22-21(18-10-6-8-12-20(18)26-4)23-15-24(22)14-13-17-9-5-7-11-19(17)25-3;3-2(4,5)1(6)7/h5-12,15-16H,13-14H2,1-4H3;(H,6,7). The van der Waals surface area contributed by atoms with E-state index >= 15 is 0 Å². The first-order valence-corrected chi connectivity index (χ1v) is 10.2. The molecule has 0 atom stereocenters. The van der Waals surface area contributed by atoms with Crippen LogP contribution in [-0.2, 0) is 17.8 Å². The largest absolute Gasteiger partial charge is 0.496 e. The molecule has 0 unspecified atom stereocenters. The molecule has 1 heterocycles. The highest BCUT2D eigenvalue weighted by molar-refractivity contribution is 5.73. The molecule has 0 amide bonds. The Hall–Kier alpha value is -3.49. The third-order valence-corrected chi connectivity index (χ3v) is 4.84. The van der Waals surface area contributed by atoms with Gasteiger partial charge in [-0.1, -0.05) is 44.2 Å². The van der Waals surface area contributed by atoms with Crippen molar-refractivity contribution >= 4 is 5.97 Å². The van der Waals surface area contributed by atoms with Crippen molar-refractivity contribution in [1.29, 1.82) is 0 Å². The number of aliphatic carboxylic acids is 1. The van der Waals surface area contributed by atoms with Gasteiger partial charge in [0, 0.05) is 17.8 Å². The summed E-state index contributed by atoms with van der Waals surface area (Å²) < 4.78 is 45.0. The van der Waals surface area contributed by atoms with E-state index in [1.54, 1.807) is 14.2 Å². The zero-order valence-corrected chi connectivity index (χ0v) is 18.9. The van der Waals surface area contributed by atoms with Gasteiger partial charge < -0.3 is 19.1 Å². The lowest BCUT2D eigenvalue weighted by Gasteiger charge is -2.15. The second-order valence-corrected chi connectivity index (χ2v) is 7.39. The predicted octanol–water partition coefficient (Wildman–Crippen LogP) is 5.57. The number of halogens is 3. The summed E-state index contributed by atoms with van der Waals surface area (Å²) in [6.45, 7) is 5.26. The second-order valence-electron chi connectivity index (χ2n) is 7.39. The lowest BCUT2D eigenvalue weighted by Crippen LogP contribution is -2.21. The number of carboxylic acids is 1. The zero-order chi connectivity index (χ0) is 24.6. The number of carbonyl (C=O) groups is 1. The quantitative estimate of drug-likeness (QED) is 0.495. The highest BCUT2D eigenvalue weighted by Gasteiger charge is 2.38. The molecule has 33 heavy (non-hydrogen) atoms. The first-order chi connectivity index (χ1) is 15.6. The van der Waals surface area contributed by atoms with E-state index < -0.39 is 12.1 Å². The maximum atomic E-state index is 10.6. The van der Waals surface area contributed by atoms with Gasteiger partial charge >= 0.3 is 12.1 Å². The molecule has 0 saturated carbocycles. The maximum Gasteiger partial charge on any atom is 0.490 e. The fourth-order valence-electron chi connectivity index (χ4n) is 3.37. The molecule has 0 aliphatic carbocycles. The average Bonchev–Trinajstić information content (AvgIpc) is 3.21. The van der Waals surface area contributed by atoms with Crippen LogP contribution in [0.5, 0.6) is 11.5 Å². The summed E-state index contributed by atoms with van der Waals surface area (Å²) >= 11 is 0. The molecule has 178 valence electrons. The SMILES string of the molecule is COc1ccccc1CCn1cnc(-c2ccccc2OC)c1C(C)C.O=C(O)C(F)(F)F. The summed E-state index contributed by atoms with van der Waals surface area (Å²) in [6.07, 6.45) is -2.25. The Kier molecular flexibility index (Phi) is 8.90. The predicted molar refractivity (Wildman–Crippen MR) is 119 cm³/mol. The van der Waals surface area contributed by atoms with Gasteiger partial charge in [0.25, 0.3) is 0 Å². The van der Waals surface area contributed by atoms with E-state index in [4.69, 9.17) is 24.4 Å². The van der Waals surface area contributed by atoms with Crippen molar-refractivity contribution in [2.75, 3.05) is 14.2 Å². The molecule has 0 spiro atoms. The van der Waals surface area contributed by atoms with E-state index in [2.05, 4.69) is 36.6 Å². The molecule has 3 aromatic rings. The summed E-state index contributed by atoms with van der Waals surface area (Å²) in [5.41, 5.74) is 4.47. The van der Waals surface area contributed by atoms with Crippen molar-refractivity contribution in [3.05, 3.63) is 66.1 Å². The van der Waals surface area contributed by atoms with Gasteiger partial charge in [-0.3, -0.25) is 0 Å². The number of para-hydroxylation sites is 2. The molecule has 0 bridgehead atoms. The van der Waals surface area contributed by atoms with Crippen molar-refractivity contribution in [2.24, 2.45) is 0 Å². The van der Waals surface area contributed by atoms with E-state index in [9.17, 15) is 13.2 Å². The first kappa shape index (κ1) is 25.8. The Balaban J connectivity index is 0.000000479. The van der Waals surface area contributed by atoms with Crippen molar-refractivity contribution in [1.82, 2.24) is 9.55 Å². The summed E-state index contributed by atoms with van der Waals surface area (Å²) in [7, 11) is 3.42. The van der Waals surface area contributed by atoms with Gasteiger partial charge in [-0.25, -0.2) is 9.78 Å². The van der Waals surface area contributed by atoms with Gasteiger partial charge in [0.1, 0.15) is 11.5 Å². The average molecular weight is 464 g/mol. The van der Waals surface area contributed by atoms with Crippen LogP contribution < -0.4 is 9.47 Å². The number of ether oxygens (including phenoxy) is 2. The third-order valence-electron chi connectivity index (χ3n) is 4.84. The number of aryl methyl sites for hydroxylation is 2. The molecule has 0 aliphatic rings. The number of hydrogen-bond donors (Lipinski definition) is 1. The molecule has 1 N–H and O–H groups in total. The first-order valence-electron chi connectivity index (χ1n) is 10.2. The summed E-state index contributed by atoms with van der Waals surface area (Å²) in [6, 6.07) is 16.2. The van der Waals surface area contributed by atoms with Crippen molar-refractivity contribution in [2.45, 2.75) is 38.9 Å². The minimum Gasteiger partial charge on any atom is -0.496 e. The van der Waals surface area contributed by atoms with Crippen LogP contribution in [0.3, 0.4) is 0 Å². The van der Waals surface area contributed by atoms with Crippen molar-refractivity contribution < 1.29 is 32.5 Å². The lowest BCUT2D eigenvalue weighted by atomic mass is 10.0. The molecule has 2 aromatic carbocycles. The van der Waals surface area contributed by atoms with Crippen molar-refractivity contribution in [3.8, 4) is 22.8 Å². The van der Waals surface area contributed by atoms with Crippen LogP contribution in [0.2, 0.25) is 0 Å². The van der Waals surface area contributed by atoms with Crippen LogP contribution in [0.15, 0.2) is 54.9 Å². The third kappa shape index (κ3) is 6.74. The minimum atomic E-state index is -5.08. The Labute approximate surface area is 190 Å².